The van der Waals surface area contributed by atoms with Crippen molar-refractivity contribution in [3.8, 4) is 11.3 Å². The summed E-state index contributed by atoms with van der Waals surface area (Å²) in [6.45, 7) is 1.59. The molecule has 0 spiro atoms. The Bertz CT molecular complexity index is 1230. The molecule has 0 bridgehead atoms. The van der Waals surface area contributed by atoms with Gasteiger partial charge in [-0.05, 0) is 54.4 Å². The lowest BCUT2D eigenvalue weighted by Crippen LogP contribution is -2.12. The smallest absolute Gasteiger partial charge is 0.395 e. The SMILES string of the molecule is Cc1c(C(=O)Nc2ccc(S(C)(=O)=O)cc2)cn(CCO)c1-c1ccc(C(F)(F)F)cc1. The molecule has 0 saturated heterocycles. The van der Waals surface area contributed by atoms with Gasteiger partial charge in [0.1, 0.15) is 0 Å². The summed E-state index contributed by atoms with van der Waals surface area (Å²) in [5.74, 6) is -0.473. The minimum Gasteiger partial charge on any atom is -0.395 e. The molecule has 2 aromatic carbocycles. The first-order valence-electron chi connectivity index (χ1n) is 9.51. The van der Waals surface area contributed by atoms with Crippen molar-refractivity contribution < 1.29 is 31.5 Å². The first-order chi connectivity index (χ1) is 14.9. The predicted octanol–water partition coefficient (Wildman–Crippen LogP) is 4.13. The fraction of sp³-hybridized carbons (Fsp3) is 0.227. The van der Waals surface area contributed by atoms with Crippen molar-refractivity contribution in [2.75, 3.05) is 18.2 Å². The van der Waals surface area contributed by atoms with Gasteiger partial charge in [-0.2, -0.15) is 13.2 Å². The Kier molecular flexibility index (Phi) is 6.47. The Hall–Kier alpha value is -3.11. The van der Waals surface area contributed by atoms with Crippen LogP contribution in [-0.2, 0) is 22.6 Å². The second-order valence-corrected chi connectivity index (χ2v) is 9.27. The third-order valence-corrected chi connectivity index (χ3v) is 6.07. The number of anilines is 1. The average molecular weight is 466 g/mol. The fourth-order valence-electron chi connectivity index (χ4n) is 3.36. The number of carbonyl (C=O) groups excluding carboxylic acids is 1. The van der Waals surface area contributed by atoms with Crippen molar-refractivity contribution in [3.63, 3.8) is 0 Å². The van der Waals surface area contributed by atoms with Crippen LogP contribution in [0.4, 0.5) is 18.9 Å². The number of alkyl halides is 3. The predicted molar refractivity (Wildman–Crippen MR) is 114 cm³/mol. The van der Waals surface area contributed by atoms with Gasteiger partial charge in [0.05, 0.1) is 28.3 Å². The molecule has 0 fully saturated rings. The lowest BCUT2D eigenvalue weighted by molar-refractivity contribution is -0.137. The van der Waals surface area contributed by atoms with Gasteiger partial charge in [0.15, 0.2) is 9.84 Å². The largest absolute Gasteiger partial charge is 0.416 e. The van der Waals surface area contributed by atoms with Gasteiger partial charge in [0, 0.05) is 24.7 Å². The molecule has 0 saturated carbocycles. The highest BCUT2D eigenvalue weighted by molar-refractivity contribution is 7.90. The van der Waals surface area contributed by atoms with Crippen LogP contribution in [0.3, 0.4) is 0 Å². The molecule has 0 radical (unpaired) electrons. The Morgan fingerprint density at radius 1 is 1.06 bits per heavy atom. The van der Waals surface area contributed by atoms with Gasteiger partial charge in [0.25, 0.3) is 5.91 Å². The van der Waals surface area contributed by atoms with E-state index in [1.165, 1.54) is 42.6 Å². The van der Waals surface area contributed by atoms with Crippen molar-refractivity contribution in [2.24, 2.45) is 0 Å². The van der Waals surface area contributed by atoms with Gasteiger partial charge in [-0.1, -0.05) is 12.1 Å². The molecule has 6 nitrogen and oxygen atoms in total. The van der Waals surface area contributed by atoms with Gasteiger partial charge in [0.2, 0.25) is 0 Å². The summed E-state index contributed by atoms with van der Waals surface area (Å²) < 4.78 is 63.4. The molecule has 1 aromatic heterocycles. The van der Waals surface area contributed by atoms with Crippen LogP contribution in [0.2, 0.25) is 0 Å². The average Bonchev–Trinajstić information content (AvgIpc) is 3.03. The van der Waals surface area contributed by atoms with E-state index in [4.69, 9.17) is 0 Å². The van der Waals surface area contributed by atoms with E-state index in [9.17, 15) is 31.5 Å². The topological polar surface area (TPSA) is 88.4 Å². The number of benzene rings is 2. The Morgan fingerprint density at radius 2 is 1.66 bits per heavy atom. The van der Waals surface area contributed by atoms with Crippen molar-refractivity contribution in [2.45, 2.75) is 24.5 Å². The van der Waals surface area contributed by atoms with Crippen LogP contribution in [0.15, 0.2) is 59.6 Å². The Labute approximate surface area is 183 Å². The van der Waals surface area contributed by atoms with Crippen LogP contribution >= 0.6 is 0 Å². The summed E-state index contributed by atoms with van der Waals surface area (Å²) in [7, 11) is -3.37. The number of amides is 1. The number of sulfone groups is 1. The van der Waals surface area contributed by atoms with E-state index < -0.39 is 27.5 Å². The molecule has 170 valence electrons. The lowest BCUT2D eigenvalue weighted by atomic mass is 10.0. The molecule has 2 N–H and O–H groups in total. The van der Waals surface area contributed by atoms with E-state index in [2.05, 4.69) is 5.32 Å². The molecule has 1 heterocycles. The lowest BCUT2D eigenvalue weighted by Gasteiger charge is -2.11. The quantitative estimate of drug-likeness (QED) is 0.572. The summed E-state index contributed by atoms with van der Waals surface area (Å²) in [5, 5.41) is 12.1. The van der Waals surface area contributed by atoms with E-state index in [1.54, 1.807) is 11.5 Å². The van der Waals surface area contributed by atoms with E-state index >= 15 is 0 Å². The van der Waals surface area contributed by atoms with Crippen molar-refractivity contribution in [1.82, 2.24) is 4.57 Å². The normalized spacial score (nSPS) is 12.1. The summed E-state index contributed by atoms with van der Waals surface area (Å²) in [6, 6.07) is 10.3. The number of carbonyl (C=O) groups is 1. The molecular weight excluding hydrogens is 445 g/mol. The van der Waals surface area contributed by atoms with Crippen molar-refractivity contribution in [1.29, 1.82) is 0 Å². The van der Waals surface area contributed by atoms with Gasteiger partial charge in [-0.3, -0.25) is 4.79 Å². The number of hydrogen-bond donors (Lipinski definition) is 2. The van der Waals surface area contributed by atoms with Gasteiger partial charge in [-0.25, -0.2) is 8.42 Å². The highest BCUT2D eigenvalue weighted by Gasteiger charge is 2.30. The maximum Gasteiger partial charge on any atom is 0.416 e. The van der Waals surface area contributed by atoms with Crippen LogP contribution in [0, 0.1) is 6.92 Å². The van der Waals surface area contributed by atoms with Crippen molar-refractivity contribution >= 4 is 21.4 Å². The van der Waals surface area contributed by atoms with E-state index in [0.29, 0.717) is 22.5 Å². The summed E-state index contributed by atoms with van der Waals surface area (Å²) in [6.07, 6.45) is -1.85. The molecule has 0 aliphatic carbocycles. The highest BCUT2D eigenvalue weighted by atomic mass is 32.2. The monoisotopic (exact) mass is 466 g/mol. The molecule has 0 unspecified atom stereocenters. The molecule has 32 heavy (non-hydrogen) atoms. The Morgan fingerprint density at radius 3 is 2.16 bits per heavy atom. The van der Waals surface area contributed by atoms with Crippen molar-refractivity contribution in [3.05, 3.63) is 71.4 Å². The second-order valence-electron chi connectivity index (χ2n) is 7.26. The second kappa shape index (κ2) is 8.79. The van der Waals surface area contributed by atoms with Crippen LogP contribution in [0.25, 0.3) is 11.3 Å². The Balaban J connectivity index is 1.93. The number of nitrogens with zero attached hydrogens (tertiary/aromatic N) is 1. The zero-order chi connectivity index (χ0) is 23.7. The first kappa shape index (κ1) is 23.6. The maximum absolute atomic E-state index is 12.9. The molecule has 3 rings (SSSR count). The summed E-state index contributed by atoms with van der Waals surface area (Å²) in [5.41, 5.74) is 1.40. The third kappa shape index (κ3) is 5.03. The molecule has 0 aliphatic heterocycles. The summed E-state index contributed by atoms with van der Waals surface area (Å²) in [4.78, 5) is 13.0. The number of aromatic nitrogens is 1. The zero-order valence-corrected chi connectivity index (χ0v) is 18.1. The number of halogens is 3. The molecule has 10 heteroatoms. The van der Waals surface area contributed by atoms with E-state index in [-0.39, 0.29) is 23.6 Å². The van der Waals surface area contributed by atoms with E-state index in [1.807, 2.05) is 0 Å². The summed E-state index contributed by atoms with van der Waals surface area (Å²) >= 11 is 0. The molecule has 3 aromatic rings. The number of rotatable bonds is 6. The number of nitrogens with one attached hydrogen (secondary N) is 1. The van der Waals surface area contributed by atoms with Gasteiger partial charge in [-0.15, -0.1) is 0 Å². The molecular formula is C22H21F3N2O4S. The van der Waals surface area contributed by atoms with Gasteiger partial charge < -0.3 is 15.0 Å². The number of aliphatic hydroxyl groups is 1. The minimum atomic E-state index is -4.46. The third-order valence-electron chi connectivity index (χ3n) is 4.94. The van der Waals surface area contributed by atoms with Gasteiger partial charge >= 0.3 is 6.18 Å². The maximum atomic E-state index is 12.9. The van der Waals surface area contributed by atoms with Crippen LogP contribution in [-0.4, -0.2) is 36.9 Å². The van der Waals surface area contributed by atoms with Crippen LogP contribution in [0.1, 0.15) is 21.5 Å². The standard InChI is InChI=1S/C22H21F3N2O4S/c1-14-19(21(29)26-17-7-9-18(10-8-17)32(2,30)31)13-27(11-12-28)20(14)15-3-5-16(6-4-15)22(23,24)25/h3-10,13,28H,11-12H2,1-2H3,(H,26,29). The zero-order valence-electron chi connectivity index (χ0n) is 17.3. The fourth-order valence-corrected chi connectivity index (χ4v) is 3.99. The van der Waals surface area contributed by atoms with E-state index in [0.717, 1.165) is 18.4 Å². The number of aliphatic hydroxyl groups excluding tert-OH is 1. The van der Waals surface area contributed by atoms with Crippen LogP contribution in [0.5, 0.6) is 0 Å². The molecule has 1 amide bonds. The highest BCUT2D eigenvalue weighted by Crippen LogP contribution is 2.33. The minimum absolute atomic E-state index is 0.116. The molecule has 0 aliphatic rings. The first-order valence-corrected chi connectivity index (χ1v) is 11.4. The van der Waals surface area contributed by atoms with Crippen LogP contribution < -0.4 is 5.32 Å². The molecule has 0 atom stereocenters. The number of hydrogen-bond acceptors (Lipinski definition) is 4.